The normalized spacial score (nSPS) is 24.5. The number of hydrogen-bond donors (Lipinski definition) is 1. The van der Waals surface area contributed by atoms with Crippen LogP contribution in [0.2, 0.25) is 0 Å². The predicted octanol–water partition coefficient (Wildman–Crippen LogP) is -0.620. The number of nitrogens with one attached hydrogen (secondary N) is 1. The molecule has 2 aliphatic heterocycles. The quantitative estimate of drug-likeness (QED) is 0.736. The molecule has 0 aromatic carbocycles. The van der Waals surface area contributed by atoms with Crippen molar-refractivity contribution in [2.75, 3.05) is 41.4 Å². The highest BCUT2D eigenvalue weighted by molar-refractivity contribution is 7.91. The van der Waals surface area contributed by atoms with Gasteiger partial charge in [-0.3, -0.25) is 0 Å². The summed E-state index contributed by atoms with van der Waals surface area (Å²) in [6.07, 6.45) is 1.69. The van der Waals surface area contributed by atoms with Crippen LogP contribution < -0.4 is 15.1 Å². The number of rotatable bonds is 4. The maximum atomic E-state index is 12.0. The van der Waals surface area contributed by atoms with Crippen molar-refractivity contribution in [1.29, 1.82) is 0 Å². The van der Waals surface area contributed by atoms with Gasteiger partial charge in [-0.25, -0.2) is 13.4 Å². The Bertz CT molecular complexity index is 900. The highest BCUT2D eigenvalue weighted by Gasteiger charge is 2.43. The molecular weight excluding hydrogens is 358 g/mol. The van der Waals surface area contributed by atoms with E-state index in [9.17, 15) is 8.42 Å². The molecule has 1 N–H and O–H groups in total. The fourth-order valence-corrected chi connectivity index (χ4v) is 5.47. The van der Waals surface area contributed by atoms with Crippen LogP contribution >= 0.6 is 0 Å². The van der Waals surface area contributed by atoms with Gasteiger partial charge < -0.3 is 19.6 Å². The zero-order valence-corrected chi connectivity index (χ0v) is 15.5. The lowest BCUT2D eigenvalue weighted by atomic mass is 10.1. The number of sulfone groups is 1. The fraction of sp³-hybridized carbons (Fsp3) is 0.600. The van der Waals surface area contributed by atoms with Crippen molar-refractivity contribution < 1.29 is 12.9 Å². The molecule has 10 nitrogen and oxygen atoms in total. The van der Waals surface area contributed by atoms with E-state index in [-0.39, 0.29) is 23.6 Å². The summed E-state index contributed by atoms with van der Waals surface area (Å²) in [6.45, 7) is 3.60. The molecule has 0 spiro atoms. The van der Waals surface area contributed by atoms with Gasteiger partial charge in [0.15, 0.2) is 15.7 Å². The van der Waals surface area contributed by atoms with Crippen LogP contribution in [0.15, 0.2) is 16.8 Å². The lowest BCUT2D eigenvalue weighted by Gasteiger charge is -2.38. The van der Waals surface area contributed by atoms with Gasteiger partial charge in [0.25, 0.3) is 0 Å². The van der Waals surface area contributed by atoms with E-state index < -0.39 is 9.84 Å². The molecule has 2 aliphatic rings. The molecule has 2 fully saturated rings. The van der Waals surface area contributed by atoms with Crippen LogP contribution in [-0.4, -0.2) is 72.3 Å². The Hall–Kier alpha value is -2.27. The van der Waals surface area contributed by atoms with Gasteiger partial charge in [-0.05, 0) is 13.0 Å². The van der Waals surface area contributed by atoms with Crippen molar-refractivity contribution in [3.63, 3.8) is 0 Å². The van der Waals surface area contributed by atoms with E-state index in [1.807, 2.05) is 18.0 Å². The third-order valence-corrected chi connectivity index (χ3v) is 6.40. The lowest BCUT2D eigenvalue weighted by Crippen LogP contribution is -2.57. The first-order valence-corrected chi connectivity index (χ1v) is 10.3. The SMILES string of the molecule is Cc1noc(CN(C)c2nccc(N3CCN[C@H]4CS(=O)(=O)C[C@H]43)n2)n1. The number of fused-ring (bicyclic) bond motifs is 1. The molecular formula is C15H21N7O3S. The Labute approximate surface area is 151 Å². The number of aromatic nitrogens is 4. The largest absolute Gasteiger partial charge is 0.350 e. The number of hydrogen-bond acceptors (Lipinski definition) is 10. The first-order chi connectivity index (χ1) is 12.4. The average molecular weight is 379 g/mol. The molecule has 0 radical (unpaired) electrons. The Kier molecular flexibility index (Phi) is 4.27. The van der Waals surface area contributed by atoms with Crippen molar-refractivity contribution in [2.24, 2.45) is 0 Å². The Morgan fingerprint density at radius 2 is 2.23 bits per heavy atom. The van der Waals surface area contributed by atoms with Crippen molar-refractivity contribution in [1.82, 2.24) is 25.4 Å². The maximum absolute atomic E-state index is 12.0. The number of anilines is 2. The standard InChI is InChI=1S/C15H21N7O3S/c1-10-18-14(25-20-10)7-21(2)15-17-4-3-13(19-15)22-6-5-16-11-8-26(23,24)9-12(11)22/h3-4,11-12,16H,5-9H2,1-2H3/t11-,12+/m0/s1. The molecule has 140 valence electrons. The topological polar surface area (TPSA) is 117 Å². The second-order valence-electron chi connectivity index (χ2n) is 6.70. The van der Waals surface area contributed by atoms with Gasteiger partial charge >= 0.3 is 0 Å². The molecule has 0 bridgehead atoms. The zero-order valence-electron chi connectivity index (χ0n) is 14.7. The van der Waals surface area contributed by atoms with E-state index in [1.165, 1.54) is 0 Å². The Morgan fingerprint density at radius 3 is 3.00 bits per heavy atom. The molecule has 2 saturated heterocycles. The highest BCUT2D eigenvalue weighted by Crippen LogP contribution is 2.26. The summed E-state index contributed by atoms with van der Waals surface area (Å²) in [5.41, 5.74) is 0. The van der Waals surface area contributed by atoms with Crippen molar-refractivity contribution in [2.45, 2.75) is 25.6 Å². The molecule has 2 atom stereocenters. The zero-order chi connectivity index (χ0) is 18.3. The summed E-state index contributed by atoms with van der Waals surface area (Å²) >= 11 is 0. The number of aryl methyl sites for hydroxylation is 1. The van der Waals surface area contributed by atoms with Crippen LogP contribution in [0, 0.1) is 6.92 Å². The molecule has 26 heavy (non-hydrogen) atoms. The molecule has 0 unspecified atom stereocenters. The van der Waals surface area contributed by atoms with Gasteiger partial charge in [0.1, 0.15) is 5.82 Å². The summed E-state index contributed by atoms with van der Waals surface area (Å²) in [7, 11) is -1.17. The van der Waals surface area contributed by atoms with Gasteiger partial charge in [0.2, 0.25) is 11.8 Å². The van der Waals surface area contributed by atoms with E-state index in [2.05, 4.69) is 30.3 Å². The summed E-state index contributed by atoms with van der Waals surface area (Å²) in [6, 6.07) is 1.67. The Balaban J connectivity index is 1.55. The molecule has 0 amide bonds. The van der Waals surface area contributed by atoms with E-state index >= 15 is 0 Å². The smallest absolute Gasteiger partial charge is 0.246 e. The lowest BCUT2D eigenvalue weighted by molar-refractivity contribution is 0.374. The fourth-order valence-electron chi connectivity index (χ4n) is 3.51. The minimum Gasteiger partial charge on any atom is -0.350 e. The van der Waals surface area contributed by atoms with Gasteiger partial charge in [-0.1, -0.05) is 5.16 Å². The Morgan fingerprint density at radius 1 is 1.38 bits per heavy atom. The van der Waals surface area contributed by atoms with Gasteiger partial charge in [0.05, 0.1) is 24.1 Å². The minimum absolute atomic E-state index is 0.0498. The van der Waals surface area contributed by atoms with Crippen LogP contribution in [-0.2, 0) is 16.4 Å². The van der Waals surface area contributed by atoms with Crippen LogP contribution in [0.1, 0.15) is 11.7 Å². The summed E-state index contributed by atoms with van der Waals surface area (Å²) in [5.74, 6) is 2.66. The number of nitrogens with zero attached hydrogens (tertiary/aromatic N) is 6. The van der Waals surface area contributed by atoms with Crippen LogP contribution in [0.3, 0.4) is 0 Å². The molecule has 0 saturated carbocycles. The molecule has 2 aromatic rings. The first-order valence-electron chi connectivity index (χ1n) is 8.45. The second-order valence-corrected chi connectivity index (χ2v) is 8.86. The van der Waals surface area contributed by atoms with Crippen molar-refractivity contribution in [3.8, 4) is 0 Å². The third-order valence-electron chi connectivity index (χ3n) is 4.69. The first kappa shape index (κ1) is 17.2. The molecule has 4 rings (SSSR count). The maximum Gasteiger partial charge on any atom is 0.246 e. The van der Waals surface area contributed by atoms with Crippen molar-refractivity contribution >= 4 is 21.6 Å². The summed E-state index contributed by atoms with van der Waals surface area (Å²) in [4.78, 5) is 17.0. The van der Waals surface area contributed by atoms with E-state index in [4.69, 9.17) is 4.52 Å². The van der Waals surface area contributed by atoms with Crippen LogP contribution in [0.5, 0.6) is 0 Å². The molecule has 4 heterocycles. The van der Waals surface area contributed by atoms with Crippen molar-refractivity contribution in [3.05, 3.63) is 24.0 Å². The van der Waals surface area contributed by atoms with Crippen LogP contribution in [0.25, 0.3) is 0 Å². The molecule has 0 aliphatic carbocycles. The second kappa shape index (κ2) is 6.47. The monoisotopic (exact) mass is 379 g/mol. The van der Waals surface area contributed by atoms with E-state index in [1.54, 1.807) is 13.1 Å². The van der Waals surface area contributed by atoms with E-state index in [0.29, 0.717) is 30.8 Å². The molecule has 2 aromatic heterocycles. The van der Waals surface area contributed by atoms with E-state index in [0.717, 1.165) is 12.4 Å². The van der Waals surface area contributed by atoms with Gasteiger partial charge in [-0.2, -0.15) is 9.97 Å². The summed E-state index contributed by atoms with van der Waals surface area (Å²) < 4.78 is 29.2. The summed E-state index contributed by atoms with van der Waals surface area (Å²) in [5, 5.41) is 7.09. The molecule has 11 heteroatoms. The highest BCUT2D eigenvalue weighted by atomic mass is 32.2. The van der Waals surface area contributed by atoms with Gasteiger partial charge in [0, 0.05) is 32.4 Å². The van der Waals surface area contributed by atoms with Gasteiger partial charge in [-0.15, -0.1) is 0 Å². The minimum atomic E-state index is -3.02. The average Bonchev–Trinajstić information content (AvgIpc) is 3.15. The predicted molar refractivity (Wildman–Crippen MR) is 94.8 cm³/mol. The number of piperazine rings is 1. The third kappa shape index (κ3) is 3.36. The van der Waals surface area contributed by atoms with Crippen LogP contribution in [0.4, 0.5) is 11.8 Å².